The number of urea groups is 1. The minimum absolute atomic E-state index is 0.123. The predicted octanol–water partition coefficient (Wildman–Crippen LogP) is 2.71. The number of nitrogens with zero attached hydrogens (tertiary/aromatic N) is 2. The number of benzene rings is 2. The van der Waals surface area contributed by atoms with Gasteiger partial charge in [0.2, 0.25) is 0 Å². The van der Waals surface area contributed by atoms with Gasteiger partial charge in [-0.3, -0.25) is 19.4 Å². The van der Waals surface area contributed by atoms with Crippen LogP contribution in [0.3, 0.4) is 0 Å². The van der Waals surface area contributed by atoms with E-state index in [2.05, 4.69) is 0 Å². The van der Waals surface area contributed by atoms with Crippen molar-refractivity contribution in [1.82, 2.24) is 9.80 Å². The summed E-state index contributed by atoms with van der Waals surface area (Å²) in [5, 5.41) is 0. The SMILES string of the molecule is COc1cccc(C=C2C(=O)N(C)C(=O)N(C)C2=O)c1OCc1ccccc1. The molecule has 0 unspecified atom stereocenters. The molecule has 1 aliphatic heterocycles. The normalized spacial score (nSPS) is 14.4. The Hall–Kier alpha value is -3.61. The number of methoxy groups -OCH3 is 1. The van der Waals surface area contributed by atoms with Gasteiger partial charge in [0.15, 0.2) is 11.5 Å². The maximum absolute atomic E-state index is 12.5. The van der Waals surface area contributed by atoms with Crippen LogP contribution in [-0.2, 0) is 16.2 Å². The van der Waals surface area contributed by atoms with E-state index >= 15 is 0 Å². The monoisotopic (exact) mass is 380 g/mol. The zero-order valence-electron chi connectivity index (χ0n) is 15.8. The van der Waals surface area contributed by atoms with Gasteiger partial charge >= 0.3 is 6.03 Å². The van der Waals surface area contributed by atoms with Crippen LogP contribution in [-0.4, -0.2) is 48.9 Å². The largest absolute Gasteiger partial charge is 0.493 e. The first-order valence-electron chi connectivity index (χ1n) is 8.59. The molecule has 1 aliphatic rings. The van der Waals surface area contributed by atoms with E-state index in [9.17, 15) is 14.4 Å². The van der Waals surface area contributed by atoms with Gasteiger partial charge in [0.25, 0.3) is 11.8 Å². The number of ether oxygens (including phenoxy) is 2. The molecule has 1 heterocycles. The molecule has 0 bridgehead atoms. The average molecular weight is 380 g/mol. The molecule has 0 aromatic heterocycles. The summed E-state index contributed by atoms with van der Waals surface area (Å²) in [6.07, 6.45) is 1.42. The molecule has 144 valence electrons. The Bertz CT molecular complexity index is 927. The number of para-hydroxylation sites is 1. The van der Waals surface area contributed by atoms with Gasteiger partial charge in [0.05, 0.1) is 7.11 Å². The van der Waals surface area contributed by atoms with Crippen LogP contribution < -0.4 is 9.47 Å². The Morgan fingerprint density at radius 3 is 2.14 bits per heavy atom. The topological polar surface area (TPSA) is 76.2 Å². The molecule has 0 spiro atoms. The number of hydrogen-bond acceptors (Lipinski definition) is 5. The van der Waals surface area contributed by atoms with Gasteiger partial charge in [-0.05, 0) is 17.7 Å². The average Bonchev–Trinajstić information content (AvgIpc) is 2.73. The summed E-state index contributed by atoms with van der Waals surface area (Å²) < 4.78 is 11.3. The smallest absolute Gasteiger partial charge is 0.333 e. The van der Waals surface area contributed by atoms with Crippen LogP contribution in [0.25, 0.3) is 6.08 Å². The lowest BCUT2D eigenvalue weighted by Crippen LogP contribution is -2.52. The Balaban J connectivity index is 1.99. The summed E-state index contributed by atoms with van der Waals surface area (Å²) in [7, 11) is 4.18. The number of likely N-dealkylation sites (N-methyl/N-ethyl adjacent to an activating group) is 2. The van der Waals surface area contributed by atoms with E-state index in [0.717, 1.165) is 15.4 Å². The molecule has 0 atom stereocenters. The molecule has 2 aromatic rings. The highest BCUT2D eigenvalue weighted by Crippen LogP contribution is 2.34. The molecule has 0 saturated carbocycles. The van der Waals surface area contributed by atoms with Crippen LogP contribution in [0.15, 0.2) is 54.1 Å². The zero-order chi connectivity index (χ0) is 20.3. The fraction of sp³-hybridized carbons (Fsp3) is 0.190. The van der Waals surface area contributed by atoms with Gasteiger partial charge in [-0.2, -0.15) is 0 Å². The van der Waals surface area contributed by atoms with Crippen molar-refractivity contribution < 1.29 is 23.9 Å². The standard InChI is InChI=1S/C21H20N2O5/c1-22-19(24)16(20(25)23(2)21(22)26)12-15-10-7-11-17(27-3)18(15)28-13-14-8-5-4-6-9-14/h4-12H,13H2,1-3H3. The van der Waals surface area contributed by atoms with Crippen LogP contribution in [0.4, 0.5) is 4.79 Å². The van der Waals surface area contributed by atoms with Crippen molar-refractivity contribution in [1.29, 1.82) is 0 Å². The Morgan fingerprint density at radius 1 is 0.893 bits per heavy atom. The summed E-state index contributed by atoms with van der Waals surface area (Å²) in [6, 6.07) is 14.1. The van der Waals surface area contributed by atoms with Crippen molar-refractivity contribution >= 4 is 23.9 Å². The quantitative estimate of drug-likeness (QED) is 0.589. The molecule has 0 aliphatic carbocycles. The molecule has 0 radical (unpaired) electrons. The number of rotatable bonds is 5. The molecule has 0 N–H and O–H groups in total. The summed E-state index contributed by atoms with van der Waals surface area (Å²) in [5.41, 5.74) is 1.34. The van der Waals surface area contributed by atoms with Crippen molar-refractivity contribution in [3.05, 3.63) is 65.2 Å². The summed E-state index contributed by atoms with van der Waals surface area (Å²) >= 11 is 0. The summed E-state index contributed by atoms with van der Waals surface area (Å²) in [5.74, 6) is -0.446. The molecule has 1 fully saturated rings. The predicted molar refractivity (Wildman–Crippen MR) is 103 cm³/mol. The number of barbiturate groups is 1. The van der Waals surface area contributed by atoms with Crippen LogP contribution in [0.5, 0.6) is 11.5 Å². The van der Waals surface area contributed by atoms with E-state index in [4.69, 9.17) is 9.47 Å². The van der Waals surface area contributed by atoms with E-state index in [1.54, 1.807) is 18.2 Å². The lowest BCUT2D eigenvalue weighted by Gasteiger charge is -2.29. The Labute approximate surface area is 162 Å². The maximum Gasteiger partial charge on any atom is 0.333 e. The third-order valence-corrected chi connectivity index (χ3v) is 4.40. The molecule has 4 amide bonds. The highest BCUT2D eigenvalue weighted by Gasteiger charge is 2.38. The van der Waals surface area contributed by atoms with Crippen LogP contribution >= 0.6 is 0 Å². The van der Waals surface area contributed by atoms with Crippen LogP contribution in [0.2, 0.25) is 0 Å². The second-order valence-corrected chi connectivity index (χ2v) is 6.22. The molecular formula is C21H20N2O5. The van der Waals surface area contributed by atoms with Gasteiger partial charge in [-0.25, -0.2) is 4.79 Å². The van der Waals surface area contributed by atoms with E-state index in [-0.39, 0.29) is 12.2 Å². The zero-order valence-corrected chi connectivity index (χ0v) is 15.8. The molecule has 3 rings (SSSR count). The van der Waals surface area contributed by atoms with Gasteiger partial charge < -0.3 is 9.47 Å². The summed E-state index contributed by atoms with van der Waals surface area (Å²) in [4.78, 5) is 38.6. The first-order valence-corrected chi connectivity index (χ1v) is 8.59. The Kier molecular flexibility index (Phi) is 5.44. The molecule has 7 nitrogen and oxygen atoms in total. The van der Waals surface area contributed by atoms with E-state index in [0.29, 0.717) is 17.1 Å². The first-order chi connectivity index (χ1) is 13.4. The van der Waals surface area contributed by atoms with Gasteiger partial charge in [0, 0.05) is 19.7 Å². The van der Waals surface area contributed by atoms with E-state index in [1.165, 1.54) is 27.3 Å². The molecule has 2 aromatic carbocycles. The Morgan fingerprint density at radius 2 is 1.54 bits per heavy atom. The van der Waals surface area contributed by atoms with Crippen LogP contribution in [0, 0.1) is 0 Å². The molecular weight excluding hydrogens is 360 g/mol. The second-order valence-electron chi connectivity index (χ2n) is 6.22. The van der Waals surface area contributed by atoms with Gasteiger partial charge in [-0.1, -0.05) is 42.5 Å². The minimum atomic E-state index is -0.668. The molecule has 28 heavy (non-hydrogen) atoms. The third-order valence-electron chi connectivity index (χ3n) is 4.40. The minimum Gasteiger partial charge on any atom is -0.493 e. The number of carbonyl (C=O) groups is 3. The highest BCUT2D eigenvalue weighted by molar-refractivity contribution is 6.30. The fourth-order valence-electron chi connectivity index (χ4n) is 2.82. The maximum atomic E-state index is 12.5. The van der Waals surface area contributed by atoms with Crippen molar-refractivity contribution in [3.63, 3.8) is 0 Å². The lowest BCUT2D eigenvalue weighted by atomic mass is 10.1. The summed E-state index contributed by atoms with van der Waals surface area (Å²) in [6.45, 7) is 0.289. The van der Waals surface area contributed by atoms with Crippen molar-refractivity contribution in [2.45, 2.75) is 6.61 Å². The van der Waals surface area contributed by atoms with Gasteiger partial charge in [-0.15, -0.1) is 0 Å². The highest BCUT2D eigenvalue weighted by atomic mass is 16.5. The fourth-order valence-corrected chi connectivity index (χ4v) is 2.82. The van der Waals surface area contributed by atoms with E-state index < -0.39 is 17.8 Å². The van der Waals surface area contributed by atoms with E-state index in [1.807, 2.05) is 30.3 Å². The lowest BCUT2D eigenvalue weighted by molar-refractivity contribution is -0.134. The first kappa shape index (κ1) is 19.2. The molecule has 1 saturated heterocycles. The van der Waals surface area contributed by atoms with Crippen LogP contribution in [0.1, 0.15) is 11.1 Å². The molecule has 7 heteroatoms. The van der Waals surface area contributed by atoms with Crippen molar-refractivity contribution in [3.8, 4) is 11.5 Å². The second kappa shape index (κ2) is 7.96. The number of imide groups is 2. The number of hydrogen-bond donors (Lipinski definition) is 0. The van der Waals surface area contributed by atoms with Crippen molar-refractivity contribution in [2.24, 2.45) is 0 Å². The third kappa shape index (κ3) is 3.59. The number of amides is 4. The number of carbonyl (C=O) groups excluding carboxylic acids is 3. The van der Waals surface area contributed by atoms with Gasteiger partial charge in [0.1, 0.15) is 12.2 Å². The van der Waals surface area contributed by atoms with Crippen molar-refractivity contribution in [2.75, 3.05) is 21.2 Å².